The molecule has 0 amide bonds. The highest BCUT2D eigenvalue weighted by molar-refractivity contribution is 6.12. The highest BCUT2D eigenvalue weighted by atomic mass is 16.3. The molecule has 0 aliphatic rings. The Morgan fingerprint density at radius 1 is 0.462 bits per heavy atom. The molecule has 10 aromatic rings. The summed E-state index contributed by atoms with van der Waals surface area (Å²) in [7, 11) is 0. The van der Waals surface area contributed by atoms with Gasteiger partial charge < -0.3 is 13.6 Å². The Morgan fingerprint density at radius 2 is 1.10 bits per heavy atom. The number of rotatable bonds is 6. The Labute approximate surface area is 299 Å². The number of fused-ring (bicyclic) bond motifs is 9. The Balaban J connectivity index is 1.02. The van der Waals surface area contributed by atoms with E-state index in [1.165, 1.54) is 49.2 Å². The lowest BCUT2D eigenvalue weighted by molar-refractivity contribution is 0.659. The lowest BCUT2D eigenvalue weighted by Gasteiger charge is -2.10. The van der Waals surface area contributed by atoms with Crippen LogP contribution in [0, 0.1) is 22.7 Å². The molecule has 7 aromatic carbocycles. The van der Waals surface area contributed by atoms with Crippen LogP contribution in [0.4, 0.5) is 0 Å². The third-order valence-electron chi connectivity index (χ3n) is 10.5. The van der Waals surface area contributed by atoms with Crippen LogP contribution in [0.5, 0.6) is 0 Å². The Bertz CT molecular complexity index is 3130. The zero-order chi connectivity index (χ0) is 34.8. The topological polar surface area (TPSA) is 70.6 Å². The smallest absolute Gasteiger partial charge is 0.138 e. The van der Waals surface area contributed by atoms with Crippen molar-refractivity contribution in [2.45, 2.75) is 19.3 Å². The monoisotopic (exact) mass is 666 g/mol. The predicted octanol–water partition coefficient (Wildman–Crippen LogP) is 11.7. The summed E-state index contributed by atoms with van der Waals surface area (Å²) >= 11 is 0. The van der Waals surface area contributed by atoms with Crippen molar-refractivity contribution >= 4 is 65.6 Å². The lowest BCUT2D eigenvalue weighted by Crippen LogP contribution is -1.96. The van der Waals surface area contributed by atoms with Gasteiger partial charge in [-0.25, -0.2) is 0 Å². The van der Waals surface area contributed by atoms with Crippen molar-refractivity contribution in [2.75, 3.05) is 0 Å². The molecule has 5 nitrogen and oxygen atoms in total. The van der Waals surface area contributed by atoms with Crippen LogP contribution in [0.1, 0.15) is 28.7 Å². The second kappa shape index (κ2) is 11.8. The van der Waals surface area contributed by atoms with Crippen LogP contribution in [0.25, 0.3) is 76.9 Å². The first kappa shape index (κ1) is 29.8. The molecule has 52 heavy (non-hydrogen) atoms. The van der Waals surface area contributed by atoms with E-state index in [4.69, 9.17) is 4.42 Å². The molecular formula is C47H30N4O. The van der Waals surface area contributed by atoms with Gasteiger partial charge in [-0.1, -0.05) is 60.7 Å². The molecule has 0 N–H and O–H groups in total. The number of para-hydroxylation sites is 3. The number of nitriles is 2. The molecule has 0 radical (unpaired) electrons. The number of nitrogens with zero attached hydrogens (tertiary/aromatic N) is 4. The lowest BCUT2D eigenvalue weighted by atomic mass is 9.98. The molecule has 0 saturated carbocycles. The molecule has 0 aliphatic heterocycles. The minimum atomic E-state index is 0.576. The van der Waals surface area contributed by atoms with Crippen LogP contribution in [0.3, 0.4) is 0 Å². The molecule has 0 unspecified atom stereocenters. The van der Waals surface area contributed by atoms with Gasteiger partial charge in [0.1, 0.15) is 11.2 Å². The van der Waals surface area contributed by atoms with E-state index < -0.39 is 0 Å². The van der Waals surface area contributed by atoms with Gasteiger partial charge in [0.25, 0.3) is 0 Å². The maximum absolute atomic E-state index is 9.82. The summed E-state index contributed by atoms with van der Waals surface area (Å²) in [5.74, 6) is 0. The molecule has 5 heteroatoms. The van der Waals surface area contributed by atoms with Gasteiger partial charge in [0.05, 0.1) is 45.3 Å². The van der Waals surface area contributed by atoms with E-state index in [0.29, 0.717) is 11.1 Å². The van der Waals surface area contributed by atoms with Crippen molar-refractivity contribution in [3.63, 3.8) is 0 Å². The Hall–Kier alpha value is -7.08. The van der Waals surface area contributed by atoms with Crippen molar-refractivity contribution < 1.29 is 4.42 Å². The number of aryl methyl sites for hydroxylation is 2. The van der Waals surface area contributed by atoms with Crippen LogP contribution in [-0.4, -0.2) is 9.13 Å². The Morgan fingerprint density at radius 3 is 1.85 bits per heavy atom. The van der Waals surface area contributed by atoms with E-state index in [0.717, 1.165) is 58.1 Å². The number of benzene rings is 7. The molecular weight excluding hydrogens is 637 g/mol. The highest BCUT2D eigenvalue weighted by Gasteiger charge is 2.18. The second-order valence-corrected chi connectivity index (χ2v) is 13.5. The van der Waals surface area contributed by atoms with E-state index in [-0.39, 0.29) is 0 Å². The summed E-state index contributed by atoms with van der Waals surface area (Å²) < 4.78 is 11.0. The molecule has 3 heterocycles. The number of hydrogen-bond acceptors (Lipinski definition) is 3. The molecule has 0 spiro atoms. The van der Waals surface area contributed by atoms with Crippen molar-refractivity contribution in [1.29, 1.82) is 10.5 Å². The van der Waals surface area contributed by atoms with E-state index in [2.05, 4.69) is 137 Å². The largest absolute Gasteiger partial charge is 0.456 e. The zero-order valence-corrected chi connectivity index (χ0v) is 28.2. The van der Waals surface area contributed by atoms with Gasteiger partial charge in [-0.2, -0.15) is 10.5 Å². The maximum atomic E-state index is 9.82. The van der Waals surface area contributed by atoms with E-state index >= 15 is 0 Å². The van der Waals surface area contributed by atoms with Crippen LogP contribution in [-0.2, 0) is 12.8 Å². The normalized spacial score (nSPS) is 11.7. The molecule has 0 bridgehead atoms. The van der Waals surface area contributed by atoms with Gasteiger partial charge in [0, 0.05) is 43.7 Å². The number of aromatic nitrogens is 2. The third kappa shape index (κ3) is 4.61. The van der Waals surface area contributed by atoms with Crippen LogP contribution in [0.15, 0.2) is 150 Å². The van der Waals surface area contributed by atoms with Gasteiger partial charge in [-0.15, -0.1) is 0 Å². The zero-order valence-electron chi connectivity index (χ0n) is 28.2. The van der Waals surface area contributed by atoms with Gasteiger partial charge >= 0.3 is 0 Å². The summed E-state index contributed by atoms with van der Waals surface area (Å²) in [4.78, 5) is 0. The highest BCUT2D eigenvalue weighted by Crippen LogP contribution is 2.38. The summed E-state index contributed by atoms with van der Waals surface area (Å²) in [6.45, 7) is 0. The van der Waals surface area contributed by atoms with Crippen molar-refractivity contribution in [1.82, 2.24) is 9.13 Å². The SMILES string of the molecule is N#Cc1ccc2oc3c(CCCc4ccc5c(c4)c4ccccc4n5-c4ccc5c(c4)c4ccccc4n5-c4ccccc4)cc(C#N)cc3c2c1. The molecule has 0 aliphatic carbocycles. The standard InChI is InChI=1S/C47H30N4O/c48-28-31-18-22-46-40(25-31)41-26-32(29-49)23-33(47(41)52-46)10-8-9-30-17-20-44-38(24-30)36-13-4-7-16-43(36)51(44)35-19-21-45-39(27-35)37-14-5-6-15-42(37)50(45)34-11-2-1-3-12-34/h1-7,11-27H,8-10H2. The van der Waals surface area contributed by atoms with E-state index in [1.807, 2.05) is 24.3 Å². The minimum Gasteiger partial charge on any atom is -0.456 e. The quantitative estimate of drug-likeness (QED) is 0.177. The summed E-state index contributed by atoms with van der Waals surface area (Å²) in [5.41, 5.74) is 12.0. The molecule has 0 saturated heterocycles. The van der Waals surface area contributed by atoms with Gasteiger partial charge in [-0.3, -0.25) is 0 Å². The molecule has 3 aromatic heterocycles. The fourth-order valence-electron chi connectivity index (χ4n) is 8.16. The van der Waals surface area contributed by atoms with Gasteiger partial charge in [-0.05, 0) is 115 Å². The second-order valence-electron chi connectivity index (χ2n) is 13.5. The van der Waals surface area contributed by atoms with Crippen molar-refractivity contribution in [3.05, 3.63) is 168 Å². The van der Waals surface area contributed by atoms with Crippen LogP contribution in [0.2, 0.25) is 0 Å². The Kier molecular flexibility index (Phi) is 6.74. The number of furan rings is 1. The molecule has 10 rings (SSSR count). The summed E-state index contributed by atoms with van der Waals surface area (Å²) in [6.07, 6.45) is 2.56. The average Bonchev–Trinajstić information content (AvgIpc) is 3.85. The molecule has 0 fully saturated rings. The average molecular weight is 667 g/mol. The number of hydrogen-bond donors (Lipinski definition) is 0. The first-order chi connectivity index (χ1) is 25.7. The van der Waals surface area contributed by atoms with Gasteiger partial charge in [0.15, 0.2) is 0 Å². The van der Waals surface area contributed by atoms with Crippen molar-refractivity contribution in [3.8, 4) is 23.5 Å². The predicted molar refractivity (Wildman–Crippen MR) is 210 cm³/mol. The van der Waals surface area contributed by atoms with E-state index in [1.54, 1.807) is 6.07 Å². The van der Waals surface area contributed by atoms with E-state index in [9.17, 15) is 10.5 Å². The minimum absolute atomic E-state index is 0.576. The summed E-state index contributed by atoms with van der Waals surface area (Å²) in [6, 6.07) is 55.4. The molecule has 244 valence electrons. The first-order valence-electron chi connectivity index (χ1n) is 17.6. The maximum Gasteiger partial charge on any atom is 0.138 e. The first-order valence-corrected chi connectivity index (χ1v) is 17.6. The molecule has 0 atom stereocenters. The van der Waals surface area contributed by atoms with Crippen molar-refractivity contribution in [2.24, 2.45) is 0 Å². The van der Waals surface area contributed by atoms with Gasteiger partial charge in [0.2, 0.25) is 0 Å². The van der Waals surface area contributed by atoms with Crippen LogP contribution >= 0.6 is 0 Å². The van der Waals surface area contributed by atoms with Crippen LogP contribution < -0.4 is 0 Å². The third-order valence-corrected chi connectivity index (χ3v) is 10.5. The summed E-state index contributed by atoms with van der Waals surface area (Å²) in [5, 5.41) is 25.9. The fourth-order valence-corrected chi connectivity index (χ4v) is 8.16. The fraction of sp³-hybridized carbons (Fsp3) is 0.0638.